The van der Waals surface area contributed by atoms with Crippen molar-refractivity contribution in [1.29, 1.82) is 0 Å². The number of rotatable bonds is 4. The Bertz CT molecular complexity index is 594. The minimum Gasteiger partial charge on any atom is -0.312 e. The first kappa shape index (κ1) is 14.8. The summed E-state index contributed by atoms with van der Waals surface area (Å²) in [5.41, 5.74) is 1.75. The highest BCUT2D eigenvalue weighted by Crippen LogP contribution is 2.54. The average molecular weight is 299 g/mol. The number of benzene rings is 1. The smallest absolute Gasteiger partial charge is 0.0447 e. The molecule has 1 aliphatic rings. The van der Waals surface area contributed by atoms with Gasteiger partial charge in [0.05, 0.1) is 0 Å². The number of hydrogen-bond acceptors (Lipinski definition) is 2. The Labute approximate surface area is 132 Å². The molecule has 1 N–H and O–H groups in total. The summed E-state index contributed by atoms with van der Waals surface area (Å²) in [5, 5.41) is 3.56. The maximum atomic E-state index is 3.56. The lowest BCUT2D eigenvalue weighted by Crippen LogP contribution is -2.18. The lowest BCUT2D eigenvalue weighted by atomic mass is 9.95. The molecule has 112 valence electrons. The van der Waals surface area contributed by atoms with E-state index in [1.807, 2.05) is 11.3 Å². The van der Waals surface area contributed by atoms with Crippen LogP contribution in [0.15, 0.2) is 42.5 Å². The third-order valence-corrected chi connectivity index (χ3v) is 6.07. The fourth-order valence-electron chi connectivity index (χ4n) is 3.16. The van der Waals surface area contributed by atoms with E-state index in [0.29, 0.717) is 6.04 Å². The van der Waals surface area contributed by atoms with Gasteiger partial charge >= 0.3 is 0 Å². The van der Waals surface area contributed by atoms with Gasteiger partial charge in [-0.2, -0.15) is 0 Å². The second kappa shape index (κ2) is 5.58. The molecule has 3 atom stereocenters. The molecule has 0 saturated heterocycles. The van der Waals surface area contributed by atoms with Crippen LogP contribution in [0.1, 0.15) is 54.5 Å². The first-order valence-corrected chi connectivity index (χ1v) is 8.65. The van der Waals surface area contributed by atoms with Crippen LogP contribution in [0.4, 0.5) is 0 Å². The Kier molecular flexibility index (Phi) is 3.94. The number of nitrogens with one attached hydrogen (secondary N) is 1. The average Bonchev–Trinajstić information content (AvgIpc) is 3.07. The second-order valence-electron chi connectivity index (χ2n) is 7.14. The second-order valence-corrected chi connectivity index (χ2v) is 8.25. The molecule has 0 bridgehead atoms. The van der Waals surface area contributed by atoms with Crippen LogP contribution in [0, 0.1) is 5.92 Å². The predicted octanol–water partition coefficient (Wildman–Crippen LogP) is 5.11. The van der Waals surface area contributed by atoms with Gasteiger partial charge in [0.1, 0.15) is 0 Å². The van der Waals surface area contributed by atoms with Crippen LogP contribution in [-0.4, -0.2) is 7.05 Å². The van der Waals surface area contributed by atoms with Gasteiger partial charge in [0, 0.05) is 15.8 Å². The topological polar surface area (TPSA) is 12.0 Å². The first-order valence-electron chi connectivity index (χ1n) is 7.83. The third kappa shape index (κ3) is 3.07. The third-order valence-electron chi connectivity index (χ3n) is 4.48. The van der Waals surface area contributed by atoms with Crippen LogP contribution in [0.5, 0.6) is 0 Å². The summed E-state index contributed by atoms with van der Waals surface area (Å²) in [6.45, 7) is 6.88. The molecule has 3 unspecified atom stereocenters. The van der Waals surface area contributed by atoms with Crippen molar-refractivity contribution < 1.29 is 0 Å². The fraction of sp³-hybridized carbons (Fsp3) is 0.474. The van der Waals surface area contributed by atoms with Crippen molar-refractivity contribution in [3.8, 4) is 0 Å². The van der Waals surface area contributed by atoms with Crippen molar-refractivity contribution in [2.45, 2.75) is 44.6 Å². The molecule has 2 aromatic rings. The zero-order valence-corrected chi connectivity index (χ0v) is 14.2. The summed E-state index contributed by atoms with van der Waals surface area (Å²) in [6, 6.07) is 16.1. The summed E-state index contributed by atoms with van der Waals surface area (Å²) in [7, 11) is 2.10. The Morgan fingerprint density at radius 1 is 1.10 bits per heavy atom. The van der Waals surface area contributed by atoms with Crippen molar-refractivity contribution in [1.82, 2.24) is 5.32 Å². The molecule has 0 spiro atoms. The molecule has 1 aromatic carbocycles. The lowest BCUT2D eigenvalue weighted by molar-refractivity contribution is 0.526. The van der Waals surface area contributed by atoms with Crippen molar-refractivity contribution in [3.63, 3.8) is 0 Å². The molecular weight excluding hydrogens is 274 g/mol. The fourth-order valence-corrected chi connectivity index (χ4v) is 4.41. The van der Waals surface area contributed by atoms with E-state index in [-0.39, 0.29) is 5.41 Å². The zero-order chi connectivity index (χ0) is 15.0. The Morgan fingerprint density at radius 3 is 2.38 bits per heavy atom. The Hall–Kier alpha value is -1.12. The number of hydrogen-bond donors (Lipinski definition) is 1. The summed E-state index contributed by atoms with van der Waals surface area (Å²) in [4.78, 5) is 2.97. The van der Waals surface area contributed by atoms with Crippen molar-refractivity contribution >= 4 is 11.3 Å². The van der Waals surface area contributed by atoms with Gasteiger partial charge in [0.2, 0.25) is 0 Å². The largest absolute Gasteiger partial charge is 0.312 e. The highest BCUT2D eigenvalue weighted by molar-refractivity contribution is 7.12. The van der Waals surface area contributed by atoms with Crippen LogP contribution in [-0.2, 0) is 5.41 Å². The van der Waals surface area contributed by atoms with Crippen LogP contribution < -0.4 is 5.32 Å². The van der Waals surface area contributed by atoms with Crippen molar-refractivity contribution in [3.05, 3.63) is 57.8 Å². The van der Waals surface area contributed by atoms with E-state index in [9.17, 15) is 0 Å². The van der Waals surface area contributed by atoms with Gasteiger partial charge in [0.15, 0.2) is 0 Å². The summed E-state index contributed by atoms with van der Waals surface area (Å²) < 4.78 is 0. The van der Waals surface area contributed by atoms with E-state index in [1.54, 1.807) is 0 Å². The molecule has 1 fully saturated rings. The minimum atomic E-state index is 0.254. The van der Waals surface area contributed by atoms with E-state index in [2.05, 4.69) is 75.6 Å². The summed E-state index contributed by atoms with van der Waals surface area (Å²) in [5.74, 6) is 1.47. The van der Waals surface area contributed by atoms with Gasteiger partial charge in [-0.25, -0.2) is 0 Å². The molecule has 3 rings (SSSR count). The molecule has 21 heavy (non-hydrogen) atoms. The van der Waals surface area contributed by atoms with Crippen LogP contribution in [0.25, 0.3) is 0 Å². The van der Waals surface area contributed by atoms with Gasteiger partial charge in [-0.1, -0.05) is 51.1 Å². The molecular formula is C19H25NS. The van der Waals surface area contributed by atoms with Crippen molar-refractivity contribution in [2.75, 3.05) is 7.05 Å². The van der Waals surface area contributed by atoms with Gasteiger partial charge in [0.25, 0.3) is 0 Å². The van der Waals surface area contributed by atoms with Crippen LogP contribution in [0.3, 0.4) is 0 Å². The van der Waals surface area contributed by atoms with Gasteiger partial charge in [-0.15, -0.1) is 11.3 Å². The maximum Gasteiger partial charge on any atom is 0.0447 e. The van der Waals surface area contributed by atoms with Crippen LogP contribution in [0.2, 0.25) is 0 Å². The zero-order valence-electron chi connectivity index (χ0n) is 13.4. The van der Waals surface area contributed by atoms with Gasteiger partial charge < -0.3 is 5.32 Å². The Balaban J connectivity index is 1.77. The maximum absolute atomic E-state index is 3.56. The molecule has 1 aromatic heterocycles. The highest BCUT2D eigenvalue weighted by atomic mass is 32.1. The highest BCUT2D eigenvalue weighted by Gasteiger charge is 2.44. The molecule has 2 heteroatoms. The van der Waals surface area contributed by atoms with E-state index in [1.165, 1.54) is 21.7 Å². The van der Waals surface area contributed by atoms with E-state index in [4.69, 9.17) is 0 Å². The predicted molar refractivity (Wildman–Crippen MR) is 92.1 cm³/mol. The summed E-state index contributed by atoms with van der Waals surface area (Å²) in [6.07, 6.45) is 1.30. The molecule has 1 aliphatic carbocycles. The van der Waals surface area contributed by atoms with Gasteiger partial charge in [-0.05, 0) is 48.4 Å². The first-order chi connectivity index (χ1) is 10.0. The molecule has 1 nitrogen and oxygen atoms in total. The summed E-state index contributed by atoms with van der Waals surface area (Å²) >= 11 is 1.98. The van der Waals surface area contributed by atoms with E-state index < -0.39 is 0 Å². The lowest BCUT2D eigenvalue weighted by Gasteiger charge is -2.17. The monoisotopic (exact) mass is 299 g/mol. The SMILES string of the molecule is CNC(c1ccc(C(C)(C)C)s1)C1CC1c1ccccc1. The Morgan fingerprint density at radius 2 is 1.81 bits per heavy atom. The molecule has 0 aliphatic heterocycles. The molecule has 1 saturated carbocycles. The standard InChI is InChI=1S/C19H25NS/c1-19(2,3)17-11-10-16(21-17)18(20-4)15-12-14(15)13-8-6-5-7-9-13/h5-11,14-15,18,20H,12H2,1-4H3. The normalized spacial score (nSPS) is 23.0. The molecule has 0 radical (unpaired) electrons. The van der Waals surface area contributed by atoms with E-state index in [0.717, 1.165) is 11.8 Å². The minimum absolute atomic E-state index is 0.254. The number of thiophene rings is 1. The molecule has 1 heterocycles. The quantitative estimate of drug-likeness (QED) is 0.827. The molecule has 0 amide bonds. The van der Waals surface area contributed by atoms with Gasteiger partial charge in [-0.3, -0.25) is 0 Å². The van der Waals surface area contributed by atoms with E-state index >= 15 is 0 Å². The van der Waals surface area contributed by atoms with Crippen molar-refractivity contribution in [2.24, 2.45) is 5.92 Å². The van der Waals surface area contributed by atoms with Crippen LogP contribution >= 0.6 is 11.3 Å².